The number of pyridine rings is 1. The van der Waals surface area contributed by atoms with Gasteiger partial charge in [-0.25, -0.2) is 8.42 Å². The standard InChI is InChI=1S/C13H17N3O3S/c17-20(18,13-4-3-5-14-12-13)15-6-1-2-7-16-8-10-19-11-9-16/h3-5,12,15H,6-11H2. The van der Waals surface area contributed by atoms with Crippen molar-refractivity contribution in [3.8, 4) is 11.8 Å². The normalized spacial score (nSPS) is 16.4. The number of morpholine rings is 1. The molecule has 108 valence electrons. The van der Waals surface area contributed by atoms with Crippen LogP contribution in [0, 0.1) is 11.8 Å². The molecule has 6 nitrogen and oxygen atoms in total. The third-order valence-electron chi connectivity index (χ3n) is 2.83. The van der Waals surface area contributed by atoms with E-state index >= 15 is 0 Å². The summed E-state index contributed by atoms with van der Waals surface area (Å²) in [5.41, 5.74) is 0. The average Bonchev–Trinajstić information content (AvgIpc) is 2.49. The number of hydrogen-bond acceptors (Lipinski definition) is 5. The molecule has 1 aliphatic rings. The van der Waals surface area contributed by atoms with Gasteiger partial charge in [-0.1, -0.05) is 11.8 Å². The first kappa shape index (κ1) is 14.9. The summed E-state index contributed by atoms with van der Waals surface area (Å²) in [6.07, 6.45) is 2.84. The molecule has 1 N–H and O–H groups in total. The highest BCUT2D eigenvalue weighted by Crippen LogP contribution is 2.04. The van der Waals surface area contributed by atoms with Gasteiger partial charge in [0, 0.05) is 25.5 Å². The Balaban J connectivity index is 1.78. The topological polar surface area (TPSA) is 71.5 Å². The van der Waals surface area contributed by atoms with Gasteiger partial charge in [0.05, 0.1) is 26.3 Å². The van der Waals surface area contributed by atoms with Gasteiger partial charge in [-0.15, -0.1) is 0 Å². The van der Waals surface area contributed by atoms with Gasteiger partial charge in [0.15, 0.2) is 0 Å². The van der Waals surface area contributed by atoms with Gasteiger partial charge in [0.2, 0.25) is 10.0 Å². The third-order valence-corrected chi connectivity index (χ3v) is 4.21. The van der Waals surface area contributed by atoms with E-state index in [1.54, 1.807) is 6.07 Å². The maximum absolute atomic E-state index is 11.9. The highest BCUT2D eigenvalue weighted by atomic mass is 32.2. The average molecular weight is 295 g/mol. The van der Waals surface area contributed by atoms with Crippen molar-refractivity contribution in [1.29, 1.82) is 0 Å². The highest BCUT2D eigenvalue weighted by Gasteiger charge is 2.12. The molecule has 0 bridgehead atoms. The van der Waals surface area contributed by atoms with Gasteiger partial charge in [0.25, 0.3) is 0 Å². The first-order valence-corrected chi connectivity index (χ1v) is 7.82. The van der Waals surface area contributed by atoms with Crippen LogP contribution in [0.15, 0.2) is 29.4 Å². The van der Waals surface area contributed by atoms with Crippen LogP contribution in [0.25, 0.3) is 0 Å². The summed E-state index contributed by atoms with van der Waals surface area (Å²) < 4.78 is 31.4. The minimum Gasteiger partial charge on any atom is -0.379 e. The first-order chi connectivity index (χ1) is 9.68. The van der Waals surface area contributed by atoms with Gasteiger partial charge in [0.1, 0.15) is 4.90 Å². The second-order valence-corrected chi connectivity index (χ2v) is 6.02. The Hall–Kier alpha value is -1.46. The Kier molecular flexibility index (Phi) is 5.49. The molecule has 0 unspecified atom stereocenters. The summed E-state index contributed by atoms with van der Waals surface area (Å²) in [5, 5.41) is 0. The van der Waals surface area contributed by atoms with Crippen molar-refractivity contribution < 1.29 is 13.2 Å². The van der Waals surface area contributed by atoms with E-state index < -0.39 is 10.0 Å². The van der Waals surface area contributed by atoms with Crippen LogP contribution in [-0.2, 0) is 14.8 Å². The molecule has 1 aliphatic heterocycles. The lowest BCUT2D eigenvalue weighted by Crippen LogP contribution is -2.36. The Morgan fingerprint density at radius 1 is 1.35 bits per heavy atom. The van der Waals surface area contributed by atoms with Gasteiger partial charge in [-0.05, 0) is 12.1 Å². The zero-order valence-corrected chi connectivity index (χ0v) is 11.9. The number of rotatable bonds is 4. The molecule has 0 aromatic carbocycles. The SMILES string of the molecule is O=S(=O)(NCC#CCN1CCOCC1)c1cccnc1. The molecule has 7 heteroatoms. The molecule has 1 aromatic heterocycles. The predicted octanol–water partition coefficient (Wildman–Crippen LogP) is -0.304. The zero-order valence-electron chi connectivity index (χ0n) is 11.1. The van der Waals surface area contributed by atoms with Crippen molar-refractivity contribution in [1.82, 2.24) is 14.6 Å². The lowest BCUT2D eigenvalue weighted by molar-refractivity contribution is 0.0443. The summed E-state index contributed by atoms with van der Waals surface area (Å²) in [5.74, 6) is 5.77. The lowest BCUT2D eigenvalue weighted by atomic mass is 10.4. The van der Waals surface area contributed by atoms with E-state index in [0.29, 0.717) is 6.54 Å². The van der Waals surface area contributed by atoms with E-state index in [1.165, 1.54) is 18.5 Å². The van der Waals surface area contributed by atoms with Crippen LogP contribution in [0.4, 0.5) is 0 Å². The molecule has 0 aliphatic carbocycles. The molecule has 1 saturated heterocycles. The molecule has 0 spiro atoms. The Labute approximate surface area is 119 Å². The zero-order chi connectivity index (χ0) is 14.3. The second-order valence-electron chi connectivity index (χ2n) is 4.26. The fourth-order valence-electron chi connectivity index (χ4n) is 1.71. The Morgan fingerprint density at radius 3 is 2.85 bits per heavy atom. The first-order valence-electron chi connectivity index (χ1n) is 6.34. The fourth-order valence-corrected chi connectivity index (χ4v) is 2.60. The molecule has 1 fully saturated rings. The second kappa shape index (κ2) is 7.36. The molecule has 0 radical (unpaired) electrons. The minimum absolute atomic E-state index is 0.0988. The summed E-state index contributed by atoms with van der Waals surface area (Å²) in [4.78, 5) is 6.10. The Morgan fingerprint density at radius 2 is 2.15 bits per heavy atom. The number of sulfonamides is 1. The highest BCUT2D eigenvalue weighted by molar-refractivity contribution is 7.89. The van der Waals surface area contributed by atoms with E-state index in [9.17, 15) is 8.42 Å². The van der Waals surface area contributed by atoms with Gasteiger partial charge in [-0.3, -0.25) is 9.88 Å². The van der Waals surface area contributed by atoms with Crippen LogP contribution in [-0.4, -0.2) is 57.7 Å². The fraction of sp³-hybridized carbons (Fsp3) is 0.462. The number of ether oxygens (including phenoxy) is 1. The molecule has 1 aromatic rings. The van der Waals surface area contributed by atoms with Crippen LogP contribution in [0.5, 0.6) is 0 Å². The molecule has 0 atom stereocenters. The van der Waals surface area contributed by atoms with Crippen LogP contribution >= 0.6 is 0 Å². The van der Waals surface area contributed by atoms with Crippen molar-refractivity contribution in [3.63, 3.8) is 0 Å². The third kappa shape index (κ3) is 4.58. The number of nitrogens with one attached hydrogen (secondary N) is 1. The van der Waals surface area contributed by atoms with Crippen molar-refractivity contribution in [2.75, 3.05) is 39.4 Å². The van der Waals surface area contributed by atoms with Gasteiger partial charge >= 0.3 is 0 Å². The molecule has 0 amide bonds. The minimum atomic E-state index is -3.51. The predicted molar refractivity (Wildman–Crippen MR) is 74.5 cm³/mol. The maximum Gasteiger partial charge on any atom is 0.242 e. The molecular formula is C13H17N3O3S. The van der Waals surface area contributed by atoms with Crippen molar-refractivity contribution in [2.24, 2.45) is 0 Å². The van der Waals surface area contributed by atoms with Gasteiger partial charge < -0.3 is 4.74 Å². The quantitative estimate of drug-likeness (QED) is 0.772. The Bertz CT molecular complexity index is 572. The lowest BCUT2D eigenvalue weighted by Gasteiger charge is -2.24. The number of aromatic nitrogens is 1. The van der Waals surface area contributed by atoms with Crippen molar-refractivity contribution in [2.45, 2.75) is 4.90 Å². The summed E-state index contributed by atoms with van der Waals surface area (Å²) >= 11 is 0. The molecule has 2 heterocycles. The van der Waals surface area contributed by atoms with Crippen LogP contribution < -0.4 is 4.72 Å². The monoisotopic (exact) mass is 295 g/mol. The summed E-state index contributed by atoms with van der Waals surface area (Å²) in [6, 6.07) is 3.08. The summed E-state index contributed by atoms with van der Waals surface area (Å²) in [7, 11) is -3.51. The van der Waals surface area contributed by atoms with Crippen LogP contribution in [0.1, 0.15) is 0 Å². The van der Waals surface area contributed by atoms with E-state index in [4.69, 9.17) is 4.74 Å². The van der Waals surface area contributed by atoms with Crippen LogP contribution in [0.3, 0.4) is 0 Å². The van der Waals surface area contributed by atoms with E-state index in [0.717, 1.165) is 26.3 Å². The van der Waals surface area contributed by atoms with Crippen LogP contribution in [0.2, 0.25) is 0 Å². The number of hydrogen-bond donors (Lipinski definition) is 1. The smallest absolute Gasteiger partial charge is 0.242 e. The molecule has 20 heavy (non-hydrogen) atoms. The van der Waals surface area contributed by atoms with Crippen molar-refractivity contribution >= 4 is 10.0 Å². The van der Waals surface area contributed by atoms with Crippen molar-refractivity contribution in [3.05, 3.63) is 24.5 Å². The molecule has 0 saturated carbocycles. The molecule has 2 rings (SSSR count). The van der Waals surface area contributed by atoms with E-state index in [-0.39, 0.29) is 11.4 Å². The van der Waals surface area contributed by atoms with E-state index in [1.807, 2.05) is 0 Å². The number of nitrogens with zero attached hydrogens (tertiary/aromatic N) is 2. The van der Waals surface area contributed by atoms with Gasteiger partial charge in [-0.2, -0.15) is 4.72 Å². The summed E-state index contributed by atoms with van der Waals surface area (Å²) in [6.45, 7) is 3.94. The maximum atomic E-state index is 11.9. The van der Waals surface area contributed by atoms with E-state index in [2.05, 4.69) is 26.4 Å². The molecular weight excluding hydrogens is 278 g/mol. The largest absolute Gasteiger partial charge is 0.379 e.